The summed E-state index contributed by atoms with van der Waals surface area (Å²) in [5.74, 6) is 1.48. The summed E-state index contributed by atoms with van der Waals surface area (Å²) in [6.07, 6.45) is 1.52. The van der Waals surface area contributed by atoms with Crippen molar-refractivity contribution in [2.75, 3.05) is 6.54 Å². The van der Waals surface area contributed by atoms with Crippen molar-refractivity contribution in [1.82, 2.24) is 19.6 Å². The number of hydrogen-bond acceptors (Lipinski definition) is 8. The summed E-state index contributed by atoms with van der Waals surface area (Å²) in [5.41, 5.74) is 0.678. The lowest BCUT2D eigenvalue weighted by atomic mass is 10.2. The summed E-state index contributed by atoms with van der Waals surface area (Å²) in [5, 5.41) is 9.23. The molecule has 25 heavy (non-hydrogen) atoms. The van der Waals surface area contributed by atoms with Crippen LogP contribution in [0, 0.1) is 0 Å². The van der Waals surface area contributed by atoms with E-state index in [-0.39, 0.29) is 29.1 Å². The van der Waals surface area contributed by atoms with Crippen LogP contribution in [-0.4, -0.2) is 34.6 Å². The van der Waals surface area contributed by atoms with Crippen LogP contribution in [-0.2, 0) is 16.6 Å². The fourth-order valence-electron chi connectivity index (χ4n) is 2.16. The Kier molecular flexibility index (Phi) is 5.02. The quantitative estimate of drug-likeness (QED) is 0.618. The molecule has 3 aromatic rings. The van der Waals surface area contributed by atoms with Gasteiger partial charge in [0.25, 0.3) is 10.0 Å². The highest BCUT2D eigenvalue weighted by Gasteiger charge is 2.27. The summed E-state index contributed by atoms with van der Waals surface area (Å²) in [6.45, 7) is 5.98. The maximum absolute atomic E-state index is 12.9. The highest BCUT2D eigenvalue weighted by Crippen LogP contribution is 2.30. The lowest BCUT2D eigenvalue weighted by Crippen LogP contribution is -2.30. The number of rotatable bonds is 7. The smallest absolute Gasteiger partial charge is 0.253 e. The van der Waals surface area contributed by atoms with Crippen LogP contribution in [0.5, 0.6) is 0 Å². The van der Waals surface area contributed by atoms with Crippen molar-refractivity contribution in [3.63, 3.8) is 0 Å². The van der Waals surface area contributed by atoms with Gasteiger partial charge in [-0.05, 0) is 6.07 Å². The second-order valence-electron chi connectivity index (χ2n) is 5.66. The molecule has 0 aliphatic carbocycles. The molecule has 10 heteroatoms. The molecule has 0 spiro atoms. The minimum Gasteiger partial charge on any atom is -0.356 e. The molecule has 0 aromatic carbocycles. The Morgan fingerprint density at radius 2 is 2.12 bits per heavy atom. The SMILES string of the molecule is CCN(Cc1nc(C(C)C)no1)S(=O)(=O)c1cc(-c2ccno2)cs1. The molecule has 0 N–H and O–H groups in total. The van der Waals surface area contributed by atoms with Gasteiger partial charge in [-0.2, -0.15) is 9.29 Å². The van der Waals surface area contributed by atoms with Crippen molar-refractivity contribution in [1.29, 1.82) is 0 Å². The van der Waals surface area contributed by atoms with Crippen LogP contribution < -0.4 is 0 Å². The van der Waals surface area contributed by atoms with Crippen molar-refractivity contribution in [3.8, 4) is 11.3 Å². The van der Waals surface area contributed by atoms with Gasteiger partial charge in [-0.3, -0.25) is 0 Å². The zero-order valence-electron chi connectivity index (χ0n) is 14.0. The van der Waals surface area contributed by atoms with Gasteiger partial charge in [-0.25, -0.2) is 8.42 Å². The minimum atomic E-state index is -3.67. The lowest BCUT2D eigenvalue weighted by molar-refractivity contribution is 0.319. The van der Waals surface area contributed by atoms with Crippen LogP contribution in [0.25, 0.3) is 11.3 Å². The normalized spacial score (nSPS) is 12.4. The van der Waals surface area contributed by atoms with Crippen molar-refractivity contribution >= 4 is 21.4 Å². The first-order chi connectivity index (χ1) is 11.9. The van der Waals surface area contributed by atoms with Crippen LogP contribution >= 0.6 is 11.3 Å². The molecule has 0 unspecified atom stereocenters. The lowest BCUT2D eigenvalue weighted by Gasteiger charge is -2.17. The molecule has 0 saturated carbocycles. The van der Waals surface area contributed by atoms with Gasteiger partial charge in [-0.15, -0.1) is 11.3 Å². The molecule has 3 aromatic heterocycles. The maximum Gasteiger partial charge on any atom is 0.253 e. The number of sulfonamides is 1. The predicted molar refractivity (Wildman–Crippen MR) is 91.5 cm³/mol. The Morgan fingerprint density at radius 3 is 2.72 bits per heavy atom. The van der Waals surface area contributed by atoms with Gasteiger partial charge >= 0.3 is 0 Å². The third kappa shape index (κ3) is 3.65. The second-order valence-corrected chi connectivity index (χ2v) is 8.74. The molecule has 8 nitrogen and oxygen atoms in total. The number of aromatic nitrogens is 3. The summed E-state index contributed by atoms with van der Waals surface area (Å²) in [4.78, 5) is 4.25. The summed E-state index contributed by atoms with van der Waals surface area (Å²) < 4.78 is 37.6. The molecule has 0 atom stereocenters. The summed E-state index contributed by atoms with van der Waals surface area (Å²) in [7, 11) is -3.67. The van der Waals surface area contributed by atoms with E-state index in [1.54, 1.807) is 24.4 Å². The highest BCUT2D eigenvalue weighted by molar-refractivity contribution is 7.91. The summed E-state index contributed by atoms with van der Waals surface area (Å²) >= 11 is 1.14. The molecule has 3 heterocycles. The Morgan fingerprint density at radius 1 is 1.32 bits per heavy atom. The topological polar surface area (TPSA) is 102 Å². The first-order valence-electron chi connectivity index (χ1n) is 7.74. The maximum atomic E-state index is 12.9. The number of hydrogen-bond donors (Lipinski definition) is 0. The van der Waals surface area contributed by atoms with Crippen LogP contribution in [0.15, 0.2) is 37.0 Å². The van der Waals surface area contributed by atoms with Gasteiger partial charge < -0.3 is 9.05 Å². The second kappa shape index (κ2) is 7.06. The minimum absolute atomic E-state index is 0.0358. The molecule has 0 bridgehead atoms. The van der Waals surface area contributed by atoms with Gasteiger partial charge in [0.2, 0.25) is 5.89 Å². The standard InChI is InChI=1S/C15H18N4O4S2/c1-4-19(8-13-17-15(10(2)3)18-23-13)25(20,21)14-7-11(9-24-14)12-5-6-16-22-12/h5-7,9-10H,4,8H2,1-3H3. The van der Waals surface area contributed by atoms with Crippen LogP contribution in [0.4, 0.5) is 0 Å². The molecular formula is C15H18N4O4S2. The molecule has 0 aliphatic rings. The Balaban J connectivity index is 1.83. The van der Waals surface area contributed by atoms with Gasteiger partial charge in [0.15, 0.2) is 11.6 Å². The molecule has 134 valence electrons. The number of nitrogens with zero attached hydrogens (tertiary/aromatic N) is 4. The van der Waals surface area contributed by atoms with E-state index in [9.17, 15) is 8.42 Å². The molecule has 0 fully saturated rings. The van der Waals surface area contributed by atoms with Gasteiger partial charge in [-0.1, -0.05) is 31.1 Å². The van der Waals surface area contributed by atoms with Crippen LogP contribution in [0.2, 0.25) is 0 Å². The van der Waals surface area contributed by atoms with E-state index in [0.717, 1.165) is 11.3 Å². The van der Waals surface area contributed by atoms with Crippen molar-refractivity contribution in [3.05, 3.63) is 35.4 Å². The average Bonchev–Trinajstić information content (AvgIpc) is 3.32. The van der Waals surface area contributed by atoms with E-state index in [1.165, 1.54) is 10.5 Å². The Bertz CT molecular complexity index is 929. The van der Waals surface area contributed by atoms with Gasteiger partial charge in [0.1, 0.15) is 4.21 Å². The largest absolute Gasteiger partial charge is 0.356 e. The molecule has 3 rings (SSSR count). The van der Waals surface area contributed by atoms with E-state index < -0.39 is 10.0 Å². The fourth-order valence-corrected chi connectivity index (χ4v) is 4.88. The third-order valence-electron chi connectivity index (χ3n) is 3.56. The zero-order chi connectivity index (χ0) is 18.0. The predicted octanol–water partition coefficient (Wildman–Crippen LogP) is 3.12. The zero-order valence-corrected chi connectivity index (χ0v) is 15.7. The summed E-state index contributed by atoms with van der Waals surface area (Å²) in [6, 6.07) is 3.26. The van der Waals surface area contributed by atoms with E-state index in [1.807, 2.05) is 13.8 Å². The Hall–Kier alpha value is -2.04. The molecular weight excluding hydrogens is 364 g/mol. The molecule has 0 saturated heterocycles. The number of thiophene rings is 1. The fraction of sp³-hybridized carbons (Fsp3) is 0.400. The van der Waals surface area contributed by atoms with Crippen molar-refractivity contribution < 1.29 is 17.5 Å². The van der Waals surface area contributed by atoms with E-state index in [2.05, 4.69) is 15.3 Å². The monoisotopic (exact) mass is 382 g/mol. The molecule has 0 amide bonds. The molecule has 0 radical (unpaired) electrons. The van der Waals surface area contributed by atoms with E-state index in [0.29, 0.717) is 17.1 Å². The van der Waals surface area contributed by atoms with E-state index in [4.69, 9.17) is 9.05 Å². The van der Waals surface area contributed by atoms with E-state index >= 15 is 0 Å². The van der Waals surface area contributed by atoms with Crippen LogP contribution in [0.1, 0.15) is 38.4 Å². The third-order valence-corrected chi connectivity index (χ3v) is 6.89. The first kappa shape index (κ1) is 17.8. The van der Waals surface area contributed by atoms with Gasteiger partial charge in [0, 0.05) is 29.5 Å². The van der Waals surface area contributed by atoms with Crippen LogP contribution in [0.3, 0.4) is 0 Å². The highest BCUT2D eigenvalue weighted by atomic mass is 32.2. The first-order valence-corrected chi connectivity index (χ1v) is 10.1. The van der Waals surface area contributed by atoms with Crippen molar-refractivity contribution in [2.24, 2.45) is 0 Å². The Labute approximate surface area is 149 Å². The molecule has 0 aliphatic heterocycles. The van der Waals surface area contributed by atoms with Crippen molar-refractivity contribution in [2.45, 2.75) is 37.4 Å². The average molecular weight is 382 g/mol. The van der Waals surface area contributed by atoms with Gasteiger partial charge in [0.05, 0.1) is 12.7 Å².